The van der Waals surface area contributed by atoms with Crippen LogP contribution in [-0.2, 0) is 6.42 Å². The summed E-state index contributed by atoms with van der Waals surface area (Å²) >= 11 is 0. The van der Waals surface area contributed by atoms with Crippen molar-refractivity contribution >= 4 is 6.09 Å². The van der Waals surface area contributed by atoms with Crippen LogP contribution in [0.2, 0.25) is 0 Å². The largest absolute Gasteiger partial charge is 0.465 e. The molecule has 3 rings (SSSR count). The Morgan fingerprint density at radius 1 is 1.21 bits per heavy atom. The number of piperazine rings is 1. The summed E-state index contributed by atoms with van der Waals surface area (Å²) in [4.78, 5) is 16.1. The number of carboxylic acid groups (broad SMARTS) is 1. The van der Waals surface area contributed by atoms with Gasteiger partial charge in [0.2, 0.25) is 0 Å². The number of hydrogen-bond acceptors (Lipinski definition) is 3. The number of piperidine rings is 1. The third-order valence-corrected chi connectivity index (χ3v) is 6.70. The van der Waals surface area contributed by atoms with Crippen molar-refractivity contribution in [1.29, 1.82) is 0 Å². The predicted octanol–water partition coefficient (Wildman–Crippen LogP) is 3.45. The van der Waals surface area contributed by atoms with Gasteiger partial charge in [0.15, 0.2) is 0 Å². The molecule has 1 unspecified atom stereocenters. The van der Waals surface area contributed by atoms with Gasteiger partial charge in [0, 0.05) is 26.2 Å². The van der Waals surface area contributed by atoms with Gasteiger partial charge < -0.3 is 15.3 Å². The summed E-state index contributed by atoms with van der Waals surface area (Å²) in [6, 6.07) is 6.84. The Morgan fingerprint density at radius 3 is 2.43 bits per heavy atom. The molecule has 5 nitrogen and oxygen atoms in total. The van der Waals surface area contributed by atoms with E-state index in [2.05, 4.69) is 31.0 Å². The van der Waals surface area contributed by atoms with Gasteiger partial charge in [-0.05, 0) is 61.4 Å². The third-order valence-electron chi connectivity index (χ3n) is 6.70. The average Bonchev–Trinajstić information content (AvgIpc) is 2.64. The van der Waals surface area contributed by atoms with Gasteiger partial charge in [0.25, 0.3) is 0 Å². The van der Waals surface area contributed by atoms with E-state index < -0.39 is 11.6 Å². The molecular weight excluding hydrogens is 357 g/mol. The average molecular weight is 392 g/mol. The van der Waals surface area contributed by atoms with E-state index in [1.165, 1.54) is 17.7 Å². The Labute approximate surface area is 167 Å². The highest BCUT2D eigenvalue weighted by Crippen LogP contribution is 2.38. The number of benzene rings is 1. The Morgan fingerprint density at radius 2 is 1.86 bits per heavy atom. The first-order chi connectivity index (χ1) is 13.2. The normalized spacial score (nSPS) is 25.1. The molecule has 0 aromatic heterocycles. The number of carbonyl (C=O) groups is 1. The van der Waals surface area contributed by atoms with Gasteiger partial charge in [-0.1, -0.05) is 32.9 Å². The second-order valence-electron chi connectivity index (χ2n) is 9.44. The van der Waals surface area contributed by atoms with E-state index in [0.29, 0.717) is 25.6 Å². The molecule has 2 saturated heterocycles. The first-order valence-corrected chi connectivity index (χ1v) is 10.4. The van der Waals surface area contributed by atoms with Crippen LogP contribution >= 0.6 is 0 Å². The van der Waals surface area contributed by atoms with Gasteiger partial charge in [-0.25, -0.2) is 9.18 Å². The quantitative estimate of drug-likeness (QED) is 0.825. The Bertz CT molecular complexity index is 665. The van der Waals surface area contributed by atoms with Crippen LogP contribution in [0, 0.1) is 17.2 Å². The van der Waals surface area contributed by atoms with Crippen molar-refractivity contribution in [2.75, 3.05) is 39.3 Å². The fraction of sp³-hybridized carbons (Fsp3) is 0.682. The number of rotatable bonds is 4. The third kappa shape index (κ3) is 4.49. The molecule has 156 valence electrons. The predicted molar refractivity (Wildman–Crippen MR) is 109 cm³/mol. The molecule has 2 N–H and O–H groups in total. The summed E-state index contributed by atoms with van der Waals surface area (Å²) in [6.07, 6.45) is 2.36. The number of halogens is 1. The second kappa shape index (κ2) is 8.37. The molecule has 1 aromatic rings. The second-order valence-corrected chi connectivity index (χ2v) is 9.44. The van der Waals surface area contributed by atoms with Crippen molar-refractivity contribution in [3.05, 3.63) is 35.6 Å². The molecule has 0 radical (unpaired) electrons. The van der Waals surface area contributed by atoms with Crippen LogP contribution in [0.1, 0.15) is 39.2 Å². The molecule has 1 amide bonds. The van der Waals surface area contributed by atoms with Gasteiger partial charge in [0.1, 0.15) is 5.82 Å². The van der Waals surface area contributed by atoms with Crippen LogP contribution in [0.5, 0.6) is 0 Å². The smallest absolute Gasteiger partial charge is 0.407 e. The lowest BCUT2D eigenvalue weighted by Crippen LogP contribution is -2.72. The number of nitrogens with zero attached hydrogens (tertiary/aromatic N) is 2. The van der Waals surface area contributed by atoms with Crippen LogP contribution in [0.15, 0.2) is 24.3 Å². The first kappa shape index (κ1) is 21.1. The Kier molecular flexibility index (Phi) is 6.30. The van der Waals surface area contributed by atoms with Crippen molar-refractivity contribution < 1.29 is 14.3 Å². The summed E-state index contributed by atoms with van der Waals surface area (Å²) in [6.45, 7) is 11.1. The van der Waals surface area contributed by atoms with Crippen molar-refractivity contribution in [2.45, 2.75) is 45.6 Å². The van der Waals surface area contributed by atoms with E-state index in [1.54, 1.807) is 4.90 Å². The maximum atomic E-state index is 13.1. The SMILES string of the molecule is CC(C)(C)C1(CN2CCC(Cc3ccc(F)cc3)CC2)CNCCN1C(=O)O. The molecule has 2 aliphatic heterocycles. The van der Waals surface area contributed by atoms with Gasteiger partial charge >= 0.3 is 6.09 Å². The van der Waals surface area contributed by atoms with Crippen molar-refractivity contribution in [2.24, 2.45) is 11.3 Å². The summed E-state index contributed by atoms with van der Waals surface area (Å²) < 4.78 is 13.1. The molecular formula is C22H34FN3O2. The van der Waals surface area contributed by atoms with Gasteiger partial charge in [-0.2, -0.15) is 0 Å². The van der Waals surface area contributed by atoms with Crippen molar-refractivity contribution in [3.8, 4) is 0 Å². The zero-order valence-corrected chi connectivity index (χ0v) is 17.4. The van der Waals surface area contributed by atoms with E-state index in [9.17, 15) is 14.3 Å². The highest BCUT2D eigenvalue weighted by atomic mass is 19.1. The zero-order valence-electron chi connectivity index (χ0n) is 17.4. The number of nitrogens with one attached hydrogen (secondary N) is 1. The van der Waals surface area contributed by atoms with Crippen LogP contribution in [-0.4, -0.2) is 65.8 Å². The van der Waals surface area contributed by atoms with Crippen LogP contribution in [0.4, 0.5) is 9.18 Å². The highest BCUT2D eigenvalue weighted by Gasteiger charge is 2.51. The van der Waals surface area contributed by atoms with Gasteiger partial charge in [-0.15, -0.1) is 0 Å². The molecule has 2 fully saturated rings. The molecule has 1 atom stereocenters. The minimum atomic E-state index is -0.817. The molecule has 1 aromatic carbocycles. The van der Waals surface area contributed by atoms with E-state index >= 15 is 0 Å². The Balaban J connectivity index is 1.64. The van der Waals surface area contributed by atoms with Gasteiger partial charge in [-0.3, -0.25) is 4.90 Å². The minimum Gasteiger partial charge on any atom is -0.465 e. The highest BCUT2D eigenvalue weighted by molar-refractivity contribution is 5.67. The van der Waals surface area contributed by atoms with E-state index in [1.807, 2.05) is 12.1 Å². The summed E-state index contributed by atoms with van der Waals surface area (Å²) in [5.74, 6) is 0.419. The van der Waals surface area contributed by atoms with E-state index in [4.69, 9.17) is 0 Å². The molecule has 0 aliphatic carbocycles. The van der Waals surface area contributed by atoms with Crippen molar-refractivity contribution in [1.82, 2.24) is 15.1 Å². The standard InChI is InChI=1S/C22H34FN3O2/c1-21(2,3)22(15-24-10-13-26(22)20(27)28)16-25-11-8-18(9-12-25)14-17-4-6-19(23)7-5-17/h4-7,18,24H,8-16H2,1-3H3,(H,27,28). The molecule has 2 heterocycles. The fourth-order valence-electron chi connectivity index (χ4n) is 4.80. The maximum Gasteiger partial charge on any atom is 0.407 e. The number of likely N-dealkylation sites (tertiary alicyclic amines) is 1. The molecule has 28 heavy (non-hydrogen) atoms. The van der Waals surface area contributed by atoms with Gasteiger partial charge in [0.05, 0.1) is 5.54 Å². The van der Waals surface area contributed by atoms with E-state index in [0.717, 1.165) is 38.9 Å². The van der Waals surface area contributed by atoms with Crippen molar-refractivity contribution in [3.63, 3.8) is 0 Å². The summed E-state index contributed by atoms with van der Waals surface area (Å²) in [5, 5.41) is 13.3. The number of amides is 1. The molecule has 0 spiro atoms. The molecule has 6 heteroatoms. The van der Waals surface area contributed by atoms with Crippen LogP contribution in [0.25, 0.3) is 0 Å². The maximum absolute atomic E-state index is 13.1. The monoisotopic (exact) mass is 391 g/mol. The van der Waals surface area contributed by atoms with Crippen LogP contribution < -0.4 is 5.32 Å². The zero-order chi connectivity index (χ0) is 20.4. The lowest BCUT2D eigenvalue weighted by atomic mass is 9.70. The summed E-state index contributed by atoms with van der Waals surface area (Å²) in [7, 11) is 0. The first-order valence-electron chi connectivity index (χ1n) is 10.4. The molecule has 2 aliphatic rings. The summed E-state index contributed by atoms with van der Waals surface area (Å²) in [5.41, 5.74) is 0.601. The lowest BCUT2D eigenvalue weighted by molar-refractivity contribution is -0.0412. The minimum absolute atomic E-state index is 0.163. The fourth-order valence-corrected chi connectivity index (χ4v) is 4.80. The lowest BCUT2D eigenvalue weighted by Gasteiger charge is -2.55. The Hall–Kier alpha value is -1.66. The number of hydrogen-bond donors (Lipinski definition) is 2. The molecule has 0 saturated carbocycles. The topological polar surface area (TPSA) is 55.8 Å². The van der Waals surface area contributed by atoms with Crippen LogP contribution in [0.3, 0.4) is 0 Å². The van der Waals surface area contributed by atoms with E-state index in [-0.39, 0.29) is 11.2 Å². The molecule has 0 bridgehead atoms.